The molecule has 1 saturated heterocycles. The lowest BCUT2D eigenvalue weighted by molar-refractivity contribution is -0.149. The zero-order chi connectivity index (χ0) is 12.3. The van der Waals surface area contributed by atoms with Crippen LogP contribution in [0, 0.1) is 5.92 Å². The number of hydrogen-bond donors (Lipinski definition) is 1. The number of ether oxygens (including phenoxy) is 1. The topological polar surface area (TPSA) is 83.9 Å². The molecule has 1 heterocycles. The van der Waals surface area contributed by atoms with E-state index in [2.05, 4.69) is 4.74 Å². The van der Waals surface area contributed by atoms with Crippen molar-refractivity contribution in [3.05, 3.63) is 0 Å². The van der Waals surface area contributed by atoms with E-state index in [1.807, 2.05) is 0 Å². The Morgan fingerprint density at radius 3 is 2.69 bits per heavy atom. The molecular formula is C10H15NO5. The SMILES string of the molecule is CC[C@@H](C(=O)O)N1CC(C(=O)OC)CC1=O. The summed E-state index contributed by atoms with van der Waals surface area (Å²) in [6.45, 7) is 1.83. The van der Waals surface area contributed by atoms with Crippen molar-refractivity contribution in [1.82, 2.24) is 4.90 Å². The number of nitrogens with zero attached hydrogens (tertiary/aromatic N) is 1. The summed E-state index contributed by atoms with van der Waals surface area (Å²) >= 11 is 0. The number of carboxylic acid groups (broad SMARTS) is 1. The van der Waals surface area contributed by atoms with Gasteiger partial charge in [-0.05, 0) is 6.42 Å². The molecule has 2 atom stereocenters. The van der Waals surface area contributed by atoms with Crippen molar-refractivity contribution in [2.24, 2.45) is 5.92 Å². The summed E-state index contributed by atoms with van der Waals surface area (Å²) < 4.78 is 4.54. The van der Waals surface area contributed by atoms with Crippen molar-refractivity contribution in [3.8, 4) is 0 Å². The molecule has 1 aliphatic rings. The van der Waals surface area contributed by atoms with Gasteiger partial charge < -0.3 is 14.7 Å². The number of likely N-dealkylation sites (tertiary alicyclic amines) is 1. The third-order valence-corrected chi connectivity index (χ3v) is 2.74. The van der Waals surface area contributed by atoms with Crippen LogP contribution in [0.4, 0.5) is 0 Å². The average molecular weight is 229 g/mol. The van der Waals surface area contributed by atoms with Gasteiger partial charge in [0.2, 0.25) is 5.91 Å². The zero-order valence-corrected chi connectivity index (χ0v) is 9.30. The first kappa shape index (κ1) is 12.5. The molecule has 6 nitrogen and oxygen atoms in total. The van der Waals surface area contributed by atoms with Crippen LogP contribution < -0.4 is 0 Å². The molecule has 0 aromatic rings. The molecule has 1 N–H and O–H groups in total. The fourth-order valence-corrected chi connectivity index (χ4v) is 1.89. The molecule has 0 spiro atoms. The van der Waals surface area contributed by atoms with Gasteiger partial charge in [0.15, 0.2) is 0 Å². The Bertz CT molecular complexity index is 314. The zero-order valence-electron chi connectivity index (χ0n) is 9.30. The van der Waals surface area contributed by atoms with Crippen molar-refractivity contribution in [2.75, 3.05) is 13.7 Å². The minimum atomic E-state index is -1.04. The summed E-state index contributed by atoms with van der Waals surface area (Å²) in [5.74, 6) is -2.34. The molecule has 1 rings (SSSR count). The van der Waals surface area contributed by atoms with Crippen LogP contribution in [-0.2, 0) is 19.1 Å². The van der Waals surface area contributed by atoms with E-state index in [-0.39, 0.29) is 18.9 Å². The van der Waals surface area contributed by atoms with E-state index in [4.69, 9.17) is 5.11 Å². The van der Waals surface area contributed by atoms with Gasteiger partial charge in [-0.1, -0.05) is 6.92 Å². The number of rotatable bonds is 4. The van der Waals surface area contributed by atoms with Gasteiger partial charge in [0, 0.05) is 13.0 Å². The lowest BCUT2D eigenvalue weighted by atomic mass is 10.1. The molecule has 16 heavy (non-hydrogen) atoms. The van der Waals surface area contributed by atoms with Crippen LogP contribution in [0.5, 0.6) is 0 Å². The van der Waals surface area contributed by atoms with E-state index in [9.17, 15) is 14.4 Å². The number of amides is 1. The molecule has 6 heteroatoms. The fraction of sp³-hybridized carbons (Fsp3) is 0.700. The summed E-state index contributed by atoms with van der Waals surface area (Å²) in [7, 11) is 1.25. The number of methoxy groups -OCH3 is 1. The van der Waals surface area contributed by atoms with E-state index >= 15 is 0 Å². The van der Waals surface area contributed by atoms with Crippen molar-refractivity contribution >= 4 is 17.8 Å². The molecule has 90 valence electrons. The molecule has 0 aromatic carbocycles. The fourth-order valence-electron chi connectivity index (χ4n) is 1.89. The monoisotopic (exact) mass is 229 g/mol. The quantitative estimate of drug-likeness (QED) is 0.679. The number of aliphatic carboxylic acids is 1. The highest BCUT2D eigenvalue weighted by Crippen LogP contribution is 2.22. The van der Waals surface area contributed by atoms with Gasteiger partial charge >= 0.3 is 11.9 Å². The van der Waals surface area contributed by atoms with Crippen LogP contribution in [0.25, 0.3) is 0 Å². The number of carbonyl (C=O) groups excluding carboxylic acids is 2. The second-order valence-electron chi connectivity index (χ2n) is 3.73. The maximum atomic E-state index is 11.6. The number of carbonyl (C=O) groups is 3. The maximum absolute atomic E-state index is 11.6. The summed E-state index contributed by atoms with van der Waals surface area (Å²) in [5, 5.41) is 8.92. The van der Waals surface area contributed by atoms with Crippen LogP contribution >= 0.6 is 0 Å². The van der Waals surface area contributed by atoms with Gasteiger partial charge in [0.25, 0.3) is 0 Å². The first-order chi connectivity index (χ1) is 7.51. The predicted octanol–water partition coefficient (Wildman–Crippen LogP) is -0.129. The average Bonchev–Trinajstić information content (AvgIpc) is 2.60. The van der Waals surface area contributed by atoms with Crippen molar-refractivity contribution in [3.63, 3.8) is 0 Å². The lowest BCUT2D eigenvalue weighted by Crippen LogP contribution is -2.42. The molecule has 0 aliphatic carbocycles. The Balaban J connectivity index is 2.74. The molecule has 1 amide bonds. The summed E-state index contributed by atoms with van der Waals surface area (Å²) in [5.41, 5.74) is 0. The summed E-state index contributed by atoms with van der Waals surface area (Å²) in [4.78, 5) is 34.9. The first-order valence-corrected chi connectivity index (χ1v) is 5.11. The van der Waals surface area contributed by atoms with Crippen LogP contribution in [0.1, 0.15) is 19.8 Å². The van der Waals surface area contributed by atoms with Gasteiger partial charge in [-0.15, -0.1) is 0 Å². The Hall–Kier alpha value is -1.59. The minimum Gasteiger partial charge on any atom is -0.480 e. The van der Waals surface area contributed by atoms with Crippen molar-refractivity contribution in [1.29, 1.82) is 0 Å². The van der Waals surface area contributed by atoms with E-state index < -0.39 is 23.9 Å². The van der Waals surface area contributed by atoms with Crippen LogP contribution in [-0.4, -0.2) is 47.5 Å². The summed E-state index contributed by atoms with van der Waals surface area (Å²) in [6.07, 6.45) is 0.366. The molecular weight excluding hydrogens is 214 g/mol. The number of esters is 1. The molecule has 1 aliphatic heterocycles. The number of hydrogen-bond acceptors (Lipinski definition) is 4. The molecule has 1 unspecified atom stereocenters. The van der Waals surface area contributed by atoms with Gasteiger partial charge in [0.1, 0.15) is 6.04 Å². The van der Waals surface area contributed by atoms with Crippen LogP contribution in [0.2, 0.25) is 0 Å². The molecule has 0 radical (unpaired) electrons. The molecule has 1 fully saturated rings. The second-order valence-corrected chi connectivity index (χ2v) is 3.73. The van der Waals surface area contributed by atoms with Crippen molar-refractivity contribution in [2.45, 2.75) is 25.8 Å². The third kappa shape index (κ3) is 2.32. The molecule has 0 saturated carbocycles. The van der Waals surface area contributed by atoms with Crippen LogP contribution in [0.15, 0.2) is 0 Å². The maximum Gasteiger partial charge on any atom is 0.326 e. The highest BCUT2D eigenvalue weighted by Gasteiger charge is 2.40. The normalized spacial score (nSPS) is 22.0. The van der Waals surface area contributed by atoms with E-state index in [0.29, 0.717) is 6.42 Å². The standard InChI is InChI=1S/C10H15NO5/c1-3-7(9(13)14)11-5-6(4-8(11)12)10(15)16-2/h6-7H,3-5H2,1-2H3,(H,13,14)/t6?,7-/m0/s1. The Labute approximate surface area is 93.2 Å². The Morgan fingerprint density at radius 1 is 1.62 bits per heavy atom. The van der Waals surface area contributed by atoms with Crippen molar-refractivity contribution < 1.29 is 24.2 Å². The van der Waals surface area contributed by atoms with E-state index in [1.165, 1.54) is 12.0 Å². The van der Waals surface area contributed by atoms with E-state index in [0.717, 1.165) is 0 Å². The van der Waals surface area contributed by atoms with Crippen LogP contribution in [0.3, 0.4) is 0 Å². The van der Waals surface area contributed by atoms with E-state index in [1.54, 1.807) is 6.92 Å². The highest BCUT2D eigenvalue weighted by molar-refractivity contribution is 5.90. The molecule has 0 bridgehead atoms. The molecule has 0 aromatic heterocycles. The number of carboxylic acids is 1. The Morgan fingerprint density at radius 2 is 2.25 bits per heavy atom. The Kier molecular flexibility index (Phi) is 3.87. The van der Waals surface area contributed by atoms with Gasteiger partial charge in [-0.25, -0.2) is 4.79 Å². The lowest BCUT2D eigenvalue weighted by Gasteiger charge is -2.23. The first-order valence-electron chi connectivity index (χ1n) is 5.11. The minimum absolute atomic E-state index is 0.0381. The third-order valence-electron chi connectivity index (χ3n) is 2.74. The largest absolute Gasteiger partial charge is 0.480 e. The predicted molar refractivity (Wildman–Crippen MR) is 53.6 cm³/mol. The van der Waals surface area contributed by atoms with Gasteiger partial charge in [-0.3, -0.25) is 9.59 Å². The summed E-state index contributed by atoms with van der Waals surface area (Å²) in [6, 6.07) is -0.845. The van der Waals surface area contributed by atoms with Gasteiger partial charge in [-0.2, -0.15) is 0 Å². The second kappa shape index (κ2) is 4.96. The highest BCUT2D eigenvalue weighted by atomic mass is 16.5. The van der Waals surface area contributed by atoms with Gasteiger partial charge in [0.05, 0.1) is 13.0 Å². The smallest absolute Gasteiger partial charge is 0.326 e.